The van der Waals surface area contributed by atoms with Gasteiger partial charge in [0.1, 0.15) is 11.5 Å². The maximum atomic E-state index is 12.7. The van der Waals surface area contributed by atoms with Crippen LogP contribution in [0.5, 0.6) is 11.5 Å². The summed E-state index contributed by atoms with van der Waals surface area (Å²) in [6.07, 6.45) is 2.19. The Bertz CT molecular complexity index is 1090. The maximum Gasteiger partial charge on any atom is 0.242 e. The topological polar surface area (TPSA) is 114 Å². The number of hydrogen-bond donors (Lipinski definition) is 2. The first-order chi connectivity index (χ1) is 15.2. The second kappa shape index (κ2) is 10.0. The second-order valence-corrected chi connectivity index (χ2v) is 9.11. The number of methoxy groups -OCH3 is 2. The van der Waals surface area contributed by atoms with Crippen LogP contribution in [0.2, 0.25) is 0 Å². The van der Waals surface area contributed by atoms with Gasteiger partial charge in [-0.15, -0.1) is 0 Å². The molecule has 0 aromatic heterocycles. The van der Waals surface area contributed by atoms with E-state index in [0.717, 1.165) is 12.8 Å². The van der Waals surface area contributed by atoms with Crippen LogP contribution in [0.4, 0.5) is 11.4 Å². The van der Waals surface area contributed by atoms with E-state index in [4.69, 9.17) is 9.47 Å². The summed E-state index contributed by atoms with van der Waals surface area (Å²) in [5, 5.41) is 2.70. The third kappa shape index (κ3) is 5.38. The Morgan fingerprint density at radius 3 is 2.41 bits per heavy atom. The lowest BCUT2D eigenvalue weighted by Crippen LogP contribution is -2.41. The molecule has 2 aromatic rings. The highest BCUT2D eigenvalue weighted by molar-refractivity contribution is 7.89. The fourth-order valence-corrected chi connectivity index (χ4v) is 4.60. The molecule has 1 fully saturated rings. The minimum absolute atomic E-state index is 0.00125. The van der Waals surface area contributed by atoms with E-state index >= 15 is 0 Å². The van der Waals surface area contributed by atoms with Gasteiger partial charge in [0, 0.05) is 18.7 Å². The Hall–Kier alpha value is -3.11. The molecule has 0 radical (unpaired) electrons. The highest BCUT2D eigenvalue weighted by atomic mass is 32.2. The highest BCUT2D eigenvalue weighted by Gasteiger charge is 2.25. The quantitative estimate of drug-likeness (QED) is 0.624. The minimum atomic E-state index is -3.90. The second-order valence-electron chi connectivity index (χ2n) is 7.40. The average molecular weight is 462 g/mol. The fourth-order valence-electron chi connectivity index (χ4n) is 3.40. The van der Waals surface area contributed by atoms with Crippen LogP contribution in [0.25, 0.3) is 0 Å². The Morgan fingerprint density at radius 2 is 1.78 bits per heavy atom. The van der Waals surface area contributed by atoms with Gasteiger partial charge in [0.2, 0.25) is 21.8 Å². The molecule has 2 aromatic carbocycles. The van der Waals surface area contributed by atoms with Crippen LogP contribution in [-0.4, -0.2) is 47.0 Å². The van der Waals surface area contributed by atoms with Crippen molar-refractivity contribution in [1.29, 1.82) is 0 Å². The van der Waals surface area contributed by atoms with Crippen molar-refractivity contribution >= 4 is 33.2 Å². The molecule has 1 heterocycles. The van der Waals surface area contributed by atoms with Gasteiger partial charge in [-0.3, -0.25) is 9.59 Å². The van der Waals surface area contributed by atoms with E-state index in [-0.39, 0.29) is 10.8 Å². The molecule has 9 nitrogen and oxygen atoms in total. The van der Waals surface area contributed by atoms with Crippen molar-refractivity contribution < 1.29 is 27.5 Å². The zero-order valence-electron chi connectivity index (χ0n) is 18.3. The normalized spacial score (nSPS) is 15.2. The van der Waals surface area contributed by atoms with Gasteiger partial charge in [0.25, 0.3) is 0 Å². The zero-order chi connectivity index (χ0) is 23.3. The van der Waals surface area contributed by atoms with Crippen molar-refractivity contribution in [3.05, 3.63) is 42.5 Å². The number of nitrogens with zero attached hydrogens (tertiary/aromatic N) is 1. The molecule has 10 heteroatoms. The van der Waals surface area contributed by atoms with Gasteiger partial charge < -0.3 is 19.7 Å². The van der Waals surface area contributed by atoms with Gasteiger partial charge in [-0.05, 0) is 62.2 Å². The molecule has 1 atom stereocenters. The minimum Gasteiger partial charge on any atom is -0.497 e. The van der Waals surface area contributed by atoms with Crippen molar-refractivity contribution in [2.75, 3.05) is 31.0 Å². The molecule has 1 aliphatic heterocycles. The van der Waals surface area contributed by atoms with Gasteiger partial charge in [-0.2, -0.15) is 4.72 Å². The lowest BCUT2D eigenvalue weighted by atomic mass is 10.1. The van der Waals surface area contributed by atoms with Crippen molar-refractivity contribution in [2.45, 2.75) is 37.1 Å². The van der Waals surface area contributed by atoms with E-state index in [1.807, 2.05) is 0 Å². The summed E-state index contributed by atoms with van der Waals surface area (Å²) < 4.78 is 38.0. The highest BCUT2D eigenvalue weighted by Crippen LogP contribution is 2.33. The lowest BCUT2D eigenvalue weighted by molar-refractivity contribution is -0.119. The molecule has 2 amide bonds. The number of ether oxygens (including phenoxy) is 2. The monoisotopic (exact) mass is 461 g/mol. The van der Waals surface area contributed by atoms with Crippen molar-refractivity contribution in [3.8, 4) is 11.5 Å². The molecular weight excluding hydrogens is 434 g/mol. The summed E-state index contributed by atoms with van der Waals surface area (Å²) in [7, 11) is -0.903. The maximum absolute atomic E-state index is 12.7. The van der Waals surface area contributed by atoms with E-state index in [0.29, 0.717) is 35.8 Å². The predicted molar refractivity (Wildman–Crippen MR) is 121 cm³/mol. The van der Waals surface area contributed by atoms with Gasteiger partial charge in [0.05, 0.1) is 30.8 Å². The molecule has 0 unspecified atom stereocenters. The van der Waals surface area contributed by atoms with Crippen LogP contribution < -0.4 is 24.4 Å². The number of benzene rings is 2. The smallest absolute Gasteiger partial charge is 0.242 e. The summed E-state index contributed by atoms with van der Waals surface area (Å²) in [5.41, 5.74) is 1.00. The van der Waals surface area contributed by atoms with Gasteiger partial charge in [0.15, 0.2) is 0 Å². The number of sulfonamides is 1. The molecule has 1 saturated heterocycles. The molecule has 0 spiro atoms. The molecule has 0 bridgehead atoms. The van der Waals surface area contributed by atoms with E-state index in [1.165, 1.54) is 45.4 Å². The summed E-state index contributed by atoms with van der Waals surface area (Å²) in [5.74, 6) is 0.505. The van der Waals surface area contributed by atoms with Crippen LogP contribution in [-0.2, 0) is 19.6 Å². The van der Waals surface area contributed by atoms with Crippen molar-refractivity contribution in [2.24, 2.45) is 0 Å². The Morgan fingerprint density at radius 1 is 1.06 bits per heavy atom. The number of rotatable bonds is 8. The molecule has 2 N–H and O–H groups in total. The molecule has 32 heavy (non-hydrogen) atoms. The van der Waals surface area contributed by atoms with Crippen LogP contribution in [0.3, 0.4) is 0 Å². The van der Waals surface area contributed by atoms with E-state index < -0.39 is 22.0 Å². The van der Waals surface area contributed by atoms with E-state index in [1.54, 1.807) is 23.1 Å². The molecule has 3 rings (SSSR count). The summed E-state index contributed by atoms with van der Waals surface area (Å²) in [6, 6.07) is 9.78. The third-order valence-electron chi connectivity index (χ3n) is 5.16. The van der Waals surface area contributed by atoms with E-state index in [9.17, 15) is 18.0 Å². The SMILES string of the molecule is COc1ccc(S(=O)(=O)N[C@@H](C)C(=O)Nc2ccc(OC)c(N3CCCCC3=O)c2)cc1. The van der Waals surface area contributed by atoms with Crippen LogP contribution >= 0.6 is 0 Å². The van der Waals surface area contributed by atoms with Crippen LogP contribution in [0.1, 0.15) is 26.2 Å². The number of piperidine rings is 1. The largest absolute Gasteiger partial charge is 0.497 e. The fraction of sp³-hybridized carbons (Fsp3) is 0.364. The lowest BCUT2D eigenvalue weighted by Gasteiger charge is -2.28. The van der Waals surface area contributed by atoms with Crippen LogP contribution in [0.15, 0.2) is 47.4 Å². The average Bonchev–Trinajstić information content (AvgIpc) is 2.79. The van der Waals surface area contributed by atoms with Crippen LogP contribution in [0, 0.1) is 0 Å². The van der Waals surface area contributed by atoms with Gasteiger partial charge >= 0.3 is 0 Å². The molecule has 0 aliphatic carbocycles. The Labute approximate surface area is 187 Å². The van der Waals surface area contributed by atoms with Gasteiger partial charge in [-0.1, -0.05) is 0 Å². The summed E-state index contributed by atoms with van der Waals surface area (Å²) in [6.45, 7) is 2.03. The molecule has 0 saturated carbocycles. The van der Waals surface area contributed by atoms with E-state index in [2.05, 4.69) is 10.0 Å². The standard InChI is InChI=1S/C22H27N3O6S/c1-15(24-32(28,29)18-10-8-17(30-2)9-11-18)22(27)23-16-7-12-20(31-3)19(14-16)25-13-5-4-6-21(25)26/h7-12,14-15,24H,4-6,13H2,1-3H3,(H,23,27)/t15-/m0/s1. The number of carbonyl (C=O) groups is 2. The summed E-state index contributed by atoms with van der Waals surface area (Å²) >= 11 is 0. The number of nitrogens with one attached hydrogen (secondary N) is 2. The number of anilines is 2. The molecule has 172 valence electrons. The van der Waals surface area contributed by atoms with Crippen molar-refractivity contribution in [1.82, 2.24) is 4.72 Å². The molecular formula is C22H27N3O6S. The van der Waals surface area contributed by atoms with Gasteiger partial charge in [-0.25, -0.2) is 8.42 Å². The van der Waals surface area contributed by atoms with Crippen molar-refractivity contribution in [3.63, 3.8) is 0 Å². The number of amides is 2. The first kappa shape index (κ1) is 23.6. The Kier molecular flexibility index (Phi) is 7.37. The zero-order valence-corrected chi connectivity index (χ0v) is 19.1. The number of carbonyl (C=O) groups excluding carboxylic acids is 2. The predicted octanol–water partition coefficient (Wildman–Crippen LogP) is 2.53. The third-order valence-corrected chi connectivity index (χ3v) is 6.71. The number of hydrogen-bond acceptors (Lipinski definition) is 6. The summed E-state index contributed by atoms with van der Waals surface area (Å²) in [4.78, 5) is 26.7. The first-order valence-corrected chi connectivity index (χ1v) is 11.7. The first-order valence-electron chi connectivity index (χ1n) is 10.2. The molecule has 1 aliphatic rings. The Balaban J connectivity index is 1.73.